The number of rotatable bonds is 23. The molecule has 0 unspecified atom stereocenters. The van der Waals surface area contributed by atoms with Crippen LogP contribution in [0.3, 0.4) is 0 Å². The molecule has 382 valence electrons. The number of esters is 4. The molecule has 0 bridgehead atoms. The highest BCUT2D eigenvalue weighted by molar-refractivity contribution is 8.00. The molecule has 0 aromatic heterocycles. The van der Waals surface area contributed by atoms with Crippen molar-refractivity contribution < 1.29 is 71.5 Å². The van der Waals surface area contributed by atoms with Crippen molar-refractivity contribution in [3.63, 3.8) is 0 Å². The van der Waals surface area contributed by atoms with Gasteiger partial charge in [-0.3, -0.25) is 9.59 Å². The molecule has 3 N–H and O–H groups in total. The topological polar surface area (TPSA) is 229 Å². The number of nitrogens with one attached hydrogen (secondary N) is 3. The minimum absolute atomic E-state index is 0.0160. The van der Waals surface area contributed by atoms with Crippen molar-refractivity contribution in [3.05, 3.63) is 35.9 Å². The van der Waals surface area contributed by atoms with Crippen LogP contribution in [0.4, 0.5) is 4.79 Å². The third-order valence-electron chi connectivity index (χ3n) is 9.64. The smallest absolute Gasteiger partial charge is 0.344 e. The van der Waals surface area contributed by atoms with Crippen LogP contribution in [0.25, 0.3) is 11.1 Å². The fraction of sp³-hybridized carbons (Fsp3) is 0.620. The molecule has 0 radical (unpaired) electrons. The number of ether oxygens (including phenoxy) is 8. The van der Waals surface area contributed by atoms with Crippen molar-refractivity contribution in [1.82, 2.24) is 16.0 Å². The zero-order chi connectivity index (χ0) is 51.3. The highest BCUT2D eigenvalue weighted by Crippen LogP contribution is 2.41. The van der Waals surface area contributed by atoms with Crippen molar-refractivity contribution in [2.75, 3.05) is 38.7 Å². The van der Waals surface area contributed by atoms with E-state index in [1.165, 1.54) is 18.2 Å². The van der Waals surface area contributed by atoms with E-state index in [2.05, 4.69) is 16.0 Å². The highest BCUT2D eigenvalue weighted by Gasteiger charge is 2.42. The van der Waals surface area contributed by atoms with Gasteiger partial charge in [0, 0.05) is 48.1 Å². The molecule has 3 atom stereocenters. The molecule has 3 amide bonds. The summed E-state index contributed by atoms with van der Waals surface area (Å²) in [7, 11) is 0. The van der Waals surface area contributed by atoms with Gasteiger partial charge in [-0.2, -0.15) is 11.8 Å². The summed E-state index contributed by atoms with van der Waals surface area (Å²) in [6, 6.07) is 7.49. The van der Waals surface area contributed by atoms with Crippen LogP contribution in [0, 0.1) is 0 Å². The Morgan fingerprint density at radius 3 is 1.59 bits per heavy atom. The Morgan fingerprint density at radius 2 is 1.09 bits per heavy atom. The van der Waals surface area contributed by atoms with Crippen molar-refractivity contribution in [3.8, 4) is 34.1 Å². The number of ketones is 1. The van der Waals surface area contributed by atoms with Gasteiger partial charge in [-0.25, -0.2) is 24.0 Å². The van der Waals surface area contributed by atoms with E-state index in [-0.39, 0.29) is 77.5 Å². The second kappa shape index (κ2) is 24.2. The molecule has 2 aliphatic rings. The second-order valence-electron chi connectivity index (χ2n) is 20.8. The van der Waals surface area contributed by atoms with Crippen LogP contribution < -0.4 is 34.9 Å². The van der Waals surface area contributed by atoms with Crippen molar-refractivity contribution >= 4 is 53.4 Å². The lowest BCUT2D eigenvalue weighted by Gasteiger charge is -2.22. The van der Waals surface area contributed by atoms with E-state index in [1.807, 2.05) is 11.8 Å². The number of carbonyl (C=O) groups is 7. The molecule has 0 spiro atoms. The Hall–Kier alpha value is -5.72. The van der Waals surface area contributed by atoms with Gasteiger partial charge in [-0.15, -0.1) is 0 Å². The SMILES string of the molecule is CC(C)(C)OC(=O)COc1cc(OCC(=O)OC(C)(C)C)cc(-c2cc(C(=O)CCCNC(=O)CCCC[C@@H]3SC[C@@H]4NC(=O)N[C@@H]43)c(OCC(=O)OC(C)(C)C)cc2OCC(=O)OC(C)(C)C)c1. The summed E-state index contributed by atoms with van der Waals surface area (Å²) in [6.07, 6.45) is 2.89. The minimum Gasteiger partial charge on any atom is -0.482 e. The van der Waals surface area contributed by atoms with Crippen LogP contribution in [0.5, 0.6) is 23.0 Å². The van der Waals surface area contributed by atoms with Crippen LogP contribution in [0.15, 0.2) is 30.3 Å². The number of thioether (sulfide) groups is 1. The maximum Gasteiger partial charge on any atom is 0.344 e. The predicted molar refractivity (Wildman–Crippen MR) is 258 cm³/mol. The Bertz CT molecular complexity index is 2120. The molecule has 19 heteroatoms. The van der Waals surface area contributed by atoms with E-state index >= 15 is 0 Å². The molecule has 0 saturated carbocycles. The molecular formula is C50H71N3O15S. The van der Waals surface area contributed by atoms with Crippen LogP contribution in [0.1, 0.15) is 132 Å². The minimum atomic E-state index is -0.839. The Balaban J connectivity index is 1.64. The zero-order valence-electron chi connectivity index (χ0n) is 42.1. The lowest BCUT2D eigenvalue weighted by molar-refractivity contribution is -0.158. The standard InChI is InChI=1S/C50H71N3O15S/c1-47(2,3)65-41(56)25-61-31-20-30(21-32(22-31)62-26-42(57)66-48(4,5)6)33-23-34(38(64-28-44(59)68-50(10,11)12)24-37(33)63-27-43(58)67-49(7,8)9)36(54)16-15-19-51-40(55)18-14-13-17-39-45-35(29-69-39)52-46(60)53-45/h20-24,35,39,45H,13-19,25-29H2,1-12H3,(H,51,55)(H2,52,53,60)/t35-,39-,45-/m0/s1. The summed E-state index contributed by atoms with van der Waals surface area (Å²) < 4.78 is 45.6. The van der Waals surface area contributed by atoms with Crippen LogP contribution in [0.2, 0.25) is 0 Å². The number of hydrogen-bond acceptors (Lipinski definition) is 16. The Kier molecular flexibility index (Phi) is 19.6. The predicted octanol–water partition coefficient (Wildman–Crippen LogP) is 7.04. The zero-order valence-corrected chi connectivity index (χ0v) is 43.0. The van der Waals surface area contributed by atoms with Crippen LogP contribution >= 0.6 is 11.8 Å². The summed E-state index contributed by atoms with van der Waals surface area (Å²) in [4.78, 5) is 90.1. The van der Waals surface area contributed by atoms with Gasteiger partial charge >= 0.3 is 29.9 Å². The Labute approximate surface area is 409 Å². The quantitative estimate of drug-likeness (QED) is 0.0333. The van der Waals surface area contributed by atoms with Crippen molar-refractivity contribution in [1.29, 1.82) is 0 Å². The van der Waals surface area contributed by atoms with E-state index in [1.54, 1.807) is 95.2 Å². The van der Waals surface area contributed by atoms with Gasteiger partial charge in [0.15, 0.2) is 32.2 Å². The molecule has 2 heterocycles. The van der Waals surface area contributed by atoms with Gasteiger partial charge < -0.3 is 53.8 Å². The monoisotopic (exact) mass is 985 g/mol. The molecule has 2 saturated heterocycles. The van der Waals surface area contributed by atoms with Gasteiger partial charge in [0.25, 0.3) is 0 Å². The highest BCUT2D eigenvalue weighted by atomic mass is 32.2. The largest absolute Gasteiger partial charge is 0.482 e. The first-order chi connectivity index (χ1) is 32.0. The molecule has 2 fully saturated rings. The first kappa shape index (κ1) is 55.9. The number of fused-ring (bicyclic) bond motifs is 1. The third-order valence-corrected chi connectivity index (χ3v) is 11.1. The average Bonchev–Trinajstić information content (AvgIpc) is 3.77. The lowest BCUT2D eigenvalue weighted by Crippen LogP contribution is -2.36. The van der Waals surface area contributed by atoms with Crippen molar-refractivity contribution in [2.24, 2.45) is 0 Å². The molecule has 2 aliphatic heterocycles. The van der Waals surface area contributed by atoms with Gasteiger partial charge in [0.2, 0.25) is 5.91 Å². The number of urea groups is 1. The van der Waals surface area contributed by atoms with E-state index < -0.39 is 78.5 Å². The van der Waals surface area contributed by atoms with Gasteiger partial charge in [0.05, 0.1) is 17.6 Å². The Morgan fingerprint density at radius 1 is 0.594 bits per heavy atom. The molecule has 0 aliphatic carbocycles. The summed E-state index contributed by atoms with van der Waals surface area (Å²) in [5.74, 6) is -2.25. The first-order valence-corrected chi connectivity index (χ1v) is 24.3. The number of amides is 3. The van der Waals surface area contributed by atoms with E-state index in [9.17, 15) is 33.6 Å². The maximum atomic E-state index is 14.2. The normalized spacial score (nSPS) is 16.8. The molecule has 4 rings (SSSR count). The molecule has 2 aromatic rings. The summed E-state index contributed by atoms with van der Waals surface area (Å²) in [5, 5.41) is 9.12. The first-order valence-electron chi connectivity index (χ1n) is 23.2. The summed E-state index contributed by atoms with van der Waals surface area (Å²) in [5.41, 5.74) is -2.70. The summed E-state index contributed by atoms with van der Waals surface area (Å²) >= 11 is 1.83. The maximum absolute atomic E-state index is 14.2. The lowest BCUT2D eigenvalue weighted by atomic mass is 9.97. The molecule has 69 heavy (non-hydrogen) atoms. The number of carbonyl (C=O) groups excluding carboxylic acids is 7. The second-order valence-corrected chi connectivity index (χ2v) is 22.1. The summed E-state index contributed by atoms with van der Waals surface area (Å²) in [6.45, 7) is 18.6. The van der Waals surface area contributed by atoms with Crippen molar-refractivity contribution in [2.45, 2.75) is 161 Å². The van der Waals surface area contributed by atoms with E-state index in [4.69, 9.17) is 37.9 Å². The molecular weight excluding hydrogens is 915 g/mol. The average molecular weight is 986 g/mol. The number of benzene rings is 2. The number of hydrogen-bond donors (Lipinski definition) is 3. The molecule has 18 nitrogen and oxygen atoms in total. The van der Waals surface area contributed by atoms with Gasteiger partial charge in [0.1, 0.15) is 45.4 Å². The number of Topliss-reactive ketones (excluding diaryl/α,β-unsaturated/α-hetero) is 1. The van der Waals surface area contributed by atoms with Crippen LogP contribution in [-0.4, -0.2) is 120 Å². The van der Waals surface area contributed by atoms with E-state index in [0.29, 0.717) is 23.7 Å². The van der Waals surface area contributed by atoms with Crippen LogP contribution in [-0.2, 0) is 42.9 Å². The van der Waals surface area contributed by atoms with Gasteiger partial charge in [-0.05, 0) is 126 Å². The third kappa shape index (κ3) is 20.4. The fourth-order valence-corrected chi connectivity index (χ4v) is 8.70. The van der Waals surface area contributed by atoms with E-state index in [0.717, 1.165) is 18.6 Å². The number of unbranched alkanes of at least 4 members (excludes halogenated alkanes) is 1. The van der Waals surface area contributed by atoms with Gasteiger partial charge in [-0.1, -0.05) is 6.42 Å². The molecule has 2 aromatic carbocycles. The fourth-order valence-electron chi connectivity index (χ4n) is 7.15.